The molecular formula is C14H19N3O3. The van der Waals surface area contributed by atoms with Crippen molar-refractivity contribution >= 4 is 11.9 Å². The molecule has 108 valence electrons. The minimum absolute atomic E-state index is 0.117. The molecule has 20 heavy (non-hydrogen) atoms. The molecule has 1 N–H and O–H groups in total. The maximum atomic E-state index is 12.3. The monoisotopic (exact) mass is 277 g/mol. The summed E-state index contributed by atoms with van der Waals surface area (Å²) in [7, 11) is 0. The number of carboxylic acids is 1. The molecule has 2 rings (SSSR count). The zero-order valence-electron chi connectivity index (χ0n) is 11.6. The van der Waals surface area contributed by atoms with Gasteiger partial charge in [0.15, 0.2) is 0 Å². The van der Waals surface area contributed by atoms with Gasteiger partial charge in [0.2, 0.25) is 0 Å². The molecule has 6 heteroatoms. The third-order valence-corrected chi connectivity index (χ3v) is 3.60. The summed E-state index contributed by atoms with van der Waals surface area (Å²) in [5, 5.41) is 8.84. The van der Waals surface area contributed by atoms with E-state index in [1.807, 2.05) is 6.92 Å². The largest absolute Gasteiger partial charge is 0.481 e. The van der Waals surface area contributed by atoms with Crippen LogP contribution in [0.5, 0.6) is 0 Å². The highest BCUT2D eigenvalue weighted by molar-refractivity contribution is 5.92. The Kier molecular flexibility index (Phi) is 4.65. The van der Waals surface area contributed by atoms with Crippen LogP contribution in [0.1, 0.15) is 41.9 Å². The molecule has 0 saturated carbocycles. The van der Waals surface area contributed by atoms with Crippen molar-refractivity contribution in [3.05, 3.63) is 23.8 Å². The van der Waals surface area contributed by atoms with E-state index < -0.39 is 5.97 Å². The highest BCUT2D eigenvalue weighted by Gasteiger charge is 2.23. The highest BCUT2D eigenvalue weighted by Crippen LogP contribution is 2.21. The molecule has 1 amide bonds. The zero-order chi connectivity index (χ0) is 14.5. The van der Waals surface area contributed by atoms with E-state index in [1.54, 1.807) is 11.1 Å². The molecule has 0 aliphatic carbocycles. The van der Waals surface area contributed by atoms with Crippen molar-refractivity contribution < 1.29 is 14.7 Å². The Morgan fingerprint density at radius 1 is 1.30 bits per heavy atom. The van der Waals surface area contributed by atoms with Crippen molar-refractivity contribution in [3.63, 3.8) is 0 Å². The van der Waals surface area contributed by atoms with Crippen LogP contribution < -0.4 is 0 Å². The van der Waals surface area contributed by atoms with Gasteiger partial charge in [-0.1, -0.05) is 0 Å². The first kappa shape index (κ1) is 14.4. The van der Waals surface area contributed by atoms with E-state index in [-0.39, 0.29) is 18.2 Å². The van der Waals surface area contributed by atoms with Crippen LogP contribution in [0.3, 0.4) is 0 Å². The van der Waals surface area contributed by atoms with Crippen LogP contribution in [0.2, 0.25) is 0 Å². The van der Waals surface area contributed by atoms with Crippen LogP contribution in [-0.2, 0) is 4.79 Å². The molecular weight excluding hydrogens is 258 g/mol. The highest BCUT2D eigenvalue weighted by atomic mass is 16.4. The SMILES string of the molecule is Cc1cnc(C(=O)N2CCC[C@H](CC(=O)O)CC2)cn1. The van der Waals surface area contributed by atoms with Crippen LogP contribution in [0.15, 0.2) is 12.4 Å². The van der Waals surface area contributed by atoms with Crippen LogP contribution in [0.4, 0.5) is 0 Å². The number of aryl methyl sites for hydroxylation is 1. The van der Waals surface area contributed by atoms with Crippen molar-refractivity contribution in [2.45, 2.75) is 32.6 Å². The van der Waals surface area contributed by atoms with Crippen molar-refractivity contribution in [1.29, 1.82) is 0 Å². The third-order valence-electron chi connectivity index (χ3n) is 3.60. The number of aliphatic carboxylic acids is 1. The van der Waals surface area contributed by atoms with Crippen LogP contribution in [0.25, 0.3) is 0 Å². The molecule has 1 fully saturated rings. The van der Waals surface area contributed by atoms with Crippen LogP contribution >= 0.6 is 0 Å². The molecule has 0 radical (unpaired) electrons. The van der Waals surface area contributed by atoms with E-state index in [4.69, 9.17) is 5.11 Å². The Hall–Kier alpha value is -1.98. The molecule has 0 bridgehead atoms. The van der Waals surface area contributed by atoms with Gasteiger partial charge in [0.05, 0.1) is 11.9 Å². The molecule has 6 nitrogen and oxygen atoms in total. The lowest BCUT2D eigenvalue weighted by atomic mass is 9.97. The summed E-state index contributed by atoms with van der Waals surface area (Å²) in [4.78, 5) is 33.0. The molecule has 1 aliphatic heterocycles. The zero-order valence-corrected chi connectivity index (χ0v) is 11.6. The maximum absolute atomic E-state index is 12.3. The van der Waals surface area contributed by atoms with E-state index in [0.717, 1.165) is 25.0 Å². The molecule has 1 aromatic rings. The molecule has 1 aromatic heterocycles. The lowest BCUT2D eigenvalue weighted by Gasteiger charge is -2.19. The van der Waals surface area contributed by atoms with Gasteiger partial charge >= 0.3 is 5.97 Å². The number of carbonyl (C=O) groups excluding carboxylic acids is 1. The standard InChI is InChI=1S/C14H19N3O3/c1-10-8-16-12(9-15-10)14(20)17-5-2-3-11(4-6-17)7-13(18)19/h8-9,11H,2-7H2,1H3,(H,18,19)/t11-/m0/s1. The number of nitrogens with zero attached hydrogens (tertiary/aromatic N) is 3. The number of amides is 1. The van der Waals surface area contributed by atoms with Gasteiger partial charge in [0.1, 0.15) is 5.69 Å². The summed E-state index contributed by atoms with van der Waals surface area (Å²) >= 11 is 0. The molecule has 1 aliphatic rings. The van der Waals surface area contributed by atoms with Gasteiger partial charge < -0.3 is 10.0 Å². The Bertz CT molecular complexity index is 487. The fourth-order valence-corrected chi connectivity index (χ4v) is 2.48. The molecule has 1 saturated heterocycles. The third kappa shape index (κ3) is 3.76. The smallest absolute Gasteiger partial charge is 0.303 e. The van der Waals surface area contributed by atoms with Gasteiger partial charge in [-0.3, -0.25) is 14.6 Å². The van der Waals surface area contributed by atoms with E-state index in [2.05, 4.69) is 9.97 Å². The van der Waals surface area contributed by atoms with Gasteiger partial charge in [-0.15, -0.1) is 0 Å². The number of carbonyl (C=O) groups is 2. The van der Waals surface area contributed by atoms with Crippen molar-refractivity contribution in [2.24, 2.45) is 5.92 Å². The minimum Gasteiger partial charge on any atom is -0.481 e. The second-order valence-corrected chi connectivity index (χ2v) is 5.23. The number of likely N-dealkylation sites (tertiary alicyclic amines) is 1. The Morgan fingerprint density at radius 3 is 2.75 bits per heavy atom. The number of aromatic nitrogens is 2. The number of rotatable bonds is 3. The lowest BCUT2D eigenvalue weighted by molar-refractivity contribution is -0.138. The van der Waals surface area contributed by atoms with Crippen LogP contribution in [0, 0.1) is 12.8 Å². The van der Waals surface area contributed by atoms with Crippen molar-refractivity contribution in [3.8, 4) is 0 Å². The fraction of sp³-hybridized carbons (Fsp3) is 0.571. The Labute approximate surface area is 117 Å². The first-order chi connectivity index (χ1) is 9.56. The first-order valence-corrected chi connectivity index (χ1v) is 6.86. The van der Waals surface area contributed by atoms with Gasteiger partial charge in [0, 0.05) is 25.7 Å². The summed E-state index contributed by atoms with van der Waals surface area (Å²) < 4.78 is 0. The maximum Gasteiger partial charge on any atom is 0.303 e. The van der Waals surface area contributed by atoms with E-state index in [9.17, 15) is 9.59 Å². The number of hydrogen-bond acceptors (Lipinski definition) is 4. The predicted molar refractivity (Wildman–Crippen MR) is 72.3 cm³/mol. The quantitative estimate of drug-likeness (QED) is 0.905. The second-order valence-electron chi connectivity index (χ2n) is 5.23. The Morgan fingerprint density at radius 2 is 2.10 bits per heavy atom. The van der Waals surface area contributed by atoms with Crippen LogP contribution in [-0.4, -0.2) is 44.9 Å². The van der Waals surface area contributed by atoms with E-state index >= 15 is 0 Å². The Balaban J connectivity index is 1.97. The van der Waals surface area contributed by atoms with Gasteiger partial charge in [-0.05, 0) is 32.1 Å². The summed E-state index contributed by atoms with van der Waals surface area (Å²) in [6.45, 7) is 3.07. The summed E-state index contributed by atoms with van der Waals surface area (Å²) in [5.74, 6) is -0.720. The first-order valence-electron chi connectivity index (χ1n) is 6.86. The van der Waals surface area contributed by atoms with Crippen molar-refractivity contribution in [1.82, 2.24) is 14.9 Å². The number of hydrogen-bond donors (Lipinski definition) is 1. The molecule has 1 atom stereocenters. The summed E-state index contributed by atoms with van der Waals surface area (Å²) in [6.07, 6.45) is 5.69. The van der Waals surface area contributed by atoms with Crippen molar-refractivity contribution in [2.75, 3.05) is 13.1 Å². The predicted octanol–water partition coefficient (Wildman–Crippen LogP) is 1.50. The average Bonchev–Trinajstić information content (AvgIpc) is 2.64. The summed E-state index contributed by atoms with van der Waals surface area (Å²) in [6, 6.07) is 0. The van der Waals surface area contributed by atoms with Gasteiger partial charge in [0.25, 0.3) is 5.91 Å². The lowest BCUT2D eigenvalue weighted by Crippen LogP contribution is -2.32. The minimum atomic E-state index is -0.765. The van der Waals surface area contributed by atoms with E-state index in [1.165, 1.54) is 6.20 Å². The fourth-order valence-electron chi connectivity index (χ4n) is 2.48. The van der Waals surface area contributed by atoms with Gasteiger partial charge in [-0.2, -0.15) is 0 Å². The second kappa shape index (κ2) is 6.45. The topological polar surface area (TPSA) is 83.4 Å². The van der Waals surface area contributed by atoms with E-state index in [0.29, 0.717) is 18.8 Å². The number of carboxylic acid groups (broad SMARTS) is 1. The molecule has 0 aromatic carbocycles. The molecule has 0 spiro atoms. The molecule has 2 heterocycles. The average molecular weight is 277 g/mol. The molecule has 0 unspecified atom stereocenters. The summed E-state index contributed by atoms with van der Waals surface area (Å²) in [5.41, 5.74) is 1.13. The normalized spacial score (nSPS) is 19.4. The van der Waals surface area contributed by atoms with Gasteiger partial charge in [-0.25, -0.2) is 4.98 Å².